The predicted molar refractivity (Wildman–Crippen MR) is 97.6 cm³/mol. The van der Waals surface area contributed by atoms with Gasteiger partial charge in [0.1, 0.15) is 17.7 Å². The second kappa shape index (κ2) is 7.53. The number of rotatable bonds is 4. The van der Waals surface area contributed by atoms with Crippen molar-refractivity contribution < 1.29 is 13.9 Å². The standard InChI is InChI=1S/C20H28FN3O2/c1-22-14-18(26-17-7-5-15(21)6-8-17)13-19(22)20(25)24-11-9-23(10-12-24)16-3-2-4-16/h5-8,16,18-19H,2-4,9-14H2,1H3/t18-,19-/m0/s1. The van der Waals surface area contributed by atoms with Crippen molar-refractivity contribution in [2.45, 2.75) is 43.9 Å². The number of halogens is 1. The summed E-state index contributed by atoms with van der Waals surface area (Å²) in [4.78, 5) is 19.6. The third kappa shape index (κ3) is 3.71. The Morgan fingerprint density at radius 3 is 2.42 bits per heavy atom. The van der Waals surface area contributed by atoms with E-state index in [1.54, 1.807) is 12.1 Å². The molecule has 1 aromatic carbocycles. The average molecular weight is 361 g/mol. The molecule has 5 nitrogen and oxygen atoms in total. The van der Waals surface area contributed by atoms with Crippen LogP contribution in [0.15, 0.2) is 24.3 Å². The van der Waals surface area contributed by atoms with Crippen LogP contribution in [0.5, 0.6) is 5.75 Å². The van der Waals surface area contributed by atoms with E-state index in [0.29, 0.717) is 12.2 Å². The molecule has 1 aromatic rings. The highest BCUT2D eigenvalue weighted by molar-refractivity contribution is 5.82. The first-order chi connectivity index (χ1) is 12.6. The van der Waals surface area contributed by atoms with Crippen molar-refractivity contribution in [1.29, 1.82) is 0 Å². The summed E-state index contributed by atoms with van der Waals surface area (Å²) < 4.78 is 19.0. The number of likely N-dealkylation sites (tertiary alicyclic amines) is 1. The van der Waals surface area contributed by atoms with Crippen LogP contribution in [-0.2, 0) is 4.79 Å². The lowest BCUT2D eigenvalue weighted by atomic mass is 9.91. The van der Waals surface area contributed by atoms with Crippen LogP contribution < -0.4 is 4.74 Å². The van der Waals surface area contributed by atoms with Crippen LogP contribution >= 0.6 is 0 Å². The number of hydrogen-bond acceptors (Lipinski definition) is 4. The Bertz CT molecular complexity index is 626. The van der Waals surface area contributed by atoms with Gasteiger partial charge in [-0.25, -0.2) is 4.39 Å². The molecule has 2 atom stereocenters. The number of benzene rings is 1. The van der Waals surface area contributed by atoms with E-state index in [-0.39, 0.29) is 23.9 Å². The van der Waals surface area contributed by atoms with Crippen molar-refractivity contribution in [3.8, 4) is 5.75 Å². The van der Waals surface area contributed by atoms with E-state index in [1.165, 1.54) is 31.4 Å². The van der Waals surface area contributed by atoms with Crippen LogP contribution in [0.3, 0.4) is 0 Å². The lowest BCUT2D eigenvalue weighted by molar-refractivity contribution is -0.138. The van der Waals surface area contributed by atoms with Gasteiger partial charge in [0, 0.05) is 45.2 Å². The van der Waals surface area contributed by atoms with Crippen molar-refractivity contribution in [2.24, 2.45) is 0 Å². The van der Waals surface area contributed by atoms with Gasteiger partial charge in [0.2, 0.25) is 5.91 Å². The van der Waals surface area contributed by atoms with Gasteiger partial charge in [-0.15, -0.1) is 0 Å². The molecule has 1 aliphatic carbocycles. The second-order valence-corrected chi connectivity index (χ2v) is 7.83. The van der Waals surface area contributed by atoms with Gasteiger partial charge in [-0.05, 0) is 44.2 Å². The Hall–Kier alpha value is -1.66. The zero-order valence-electron chi connectivity index (χ0n) is 15.4. The minimum atomic E-state index is -0.269. The molecule has 2 aliphatic heterocycles. The maximum Gasteiger partial charge on any atom is 0.240 e. The summed E-state index contributed by atoms with van der Waals surface area (Å²) in [6.45, 7) is 4.40. The Labute approximate surface area is 154 Å². The zero-order valence-corrected chi connectivity index (χ0v) is 15.4. The molecule has 2 saturated heterocycles. The molecule has 142 valence electrons. The van der Waals surface area contributed by atoms with E-state index in [1.807, 2.05) is 11.9 Å². The van der Waals surface area contributed by atoms with E-state index in [0.717, 1.165) is 38.8 Å². The summed E-state index contributed by atoms with van der Waals surface area (Å²) >= 11 is 0. The number of nitrogens with zero attached hydrogens (tertiary/aromatic N) is 3. The van der Waals surface area contributed by atoms with Crippen LogP contribution in [0, 0.1) is 5.82 Å². The summed E-state index contributed by atoms with van der Waals surface area (Å²) in [7, 11) is 1.99. The van der Waals surface area contributed by atoms with E-state index in [2.05, 4.69) is 9.80 Å². The van der Waals surface area contributed by atoms with Gasteiger partial charge in [-0.2, -0.15) is 0 Å². The van der Waals surface area contributed by atoms with Crippen molar-refractivity contribution in [3.05, 3.63) is 30.1 Å². The molecule has 1 amide bonds. The number of ether oxygens (including phenoxy) is 1. The van der Waals surface area contributed by atoms with Gasteiger partial charge >= 0.3 is 0 Å². The number of amides is 1. The summed E-state index contributed by atoms with van der Waals surface area (Å²) in [6, 6.07) is 6.73. The highest BCUT2D eigenvalue weighted by atomic mass is 19.1. The van der Waals surface area contributed by atoms with Crippen molar-refractivity contribution >= 4 is 5.91 Å². The van der Waals surface area contributed by atoms with Crippen LogP contribution in [0.4, 0.5) is 4.39 Å². The normalized spacial score (nSPS) is 28.2. The number of carbonyl (C=O) groups excluding carboxylic acids is 1. The first-order valence-corrected chi connectivity index (χ1v) is 9.75. The molecule has 0 aromatic heterocycles. The molecule has 0 radical (unpaired) electrons. The molecular weight excluding hydrogens is 333 g/mol. The third-order valence-corrected chi connectivity index (χ3v) is 6.13. The van der Waals surface area contributed by atoms with E-state index >= 15 is 0 Å². The fraction of sp³-hybridized carbons (Fsp3) is 0.650. The van der Waals surface area contributed by atoms with Crippen molar-refractivity contribution in [2.75, 3.05) is 39.8 Å². The molecule has 0 bridgehead atoms. The Morgan fingerprint density at radius 2 is 1.81 bits per heavy atom. The monoisotopic (exact) mass is 361 g/mol. The molecule has 4 rings (SSSR count). The third-order valence-electron chi connectivity index (χ3n) is 6.13. The van der Waals surface area contributed by atoms with E-state index < -0.39 is 0 Å². The van der Waals surface area contributed by atoms with Gasteiger partial charge in [0.25, 0.3) is 0 Å². The van der Waals surface area contributed by atoms with Gasteiger partial charge in [-0.3, -0.25) is 14.6 Å². The van der Waals surface area contributed by atoms with Crippen LogP contribution in [0.2, 0.25) is 0 Å². The Balaban J connectivity index is 1.30. The molecule has 6 heteroatoms. The highest BCUT2D eigenvalue weighted by Crippen LogP contribution is 2.27. The number of hydrogen-bond donors (Lipinski definition) is 0. The first-order valence-electron chi connectivity index (χ1n) is 9.75. The fourth-order valence-electron chi connectivity index (χ4n) is 4.30. The SMILES string of the molecule is CN1C[C@@H](Oc2ccc(F)cc2)C[C@H]1C(=O)N1CCN(C2CCC2)CC1. The molecule has 2 heterocycles. The fourth-order valence-corrected chi connectivity index (χ4v) is 4.30. The van der Waals surface area contributed by atoms with Crippen LogP contribution in [0.25, 0.3) is 0 Å². The van der Waals surface area contributed by atoms with Gasteiger partial charge < -0.3 is 9.64 Å². The number of likely N-dealkylation sites (N-methyl/N-ethyl adjacent to an activating group) is 1. The summed E-state index contributed by atoms with van der Waals surface area (Å²) in [5.41, 5.74) is 0. The van der Waals surface area contributed by atoms with Gasteiger partial charge in [0.05, 0.1) is 6.04 Å². The lowest BCUT2D eigenvalue weighted by Crippen LogP contribution is -2.56. The summed E-state index contributed by atoms with van der Waals surface area (Å²) in [6.07, 6.45) is 4.65. The average Bonchev–Trinajstić information content (AvgIpc) is 2.96. The smallest absolute Gasteiger partial charge is 0.240 e. The molecule has 3 fully saturated rings. The zero-order chi connectivity index (χ0) is 18.1. The first kappa shape index (κ1) is 17.7. The Kier molecular flexibility index (Phi) is 5.14. The second-order valence-electron chi connectivity index (χ2n) is 7.83. The van der Waals surface area contributed by atoms with Gasteiger partial charge in [-0.1, -0.05) is 6.42 Å². The molecule has 0 unspecified atom stereocenters. The van der Waals surface area contributed by atoms with E-state index in [4.69, 9.17) is 4.74 Å². The van der Waals surface area contributed by atoms with Gasteiger partial charge in [0.15, 0.2) is 0 Å². The molecular formula is C20H28FN3O2. The largest absolute Gasteiger partial charge is 0.489 e. The quantitative estimate of drug-likeness (QED) is 0.822. The minimum Gasteiger partial charge on any atom is -0.489 e. The van der Waals surface area contributed by atoms with Crippen LogP contribution in [0.1, 0.15) is 25.7 Å². The van der Waals surface area contributed by atoms with E-state index in [9.17, 15) is 9.18 Å². The number of piperazine rings is 1. The van der Waals surface area contributed by atoms with Crippen molar-refractivity contribution in [1.82, 2.24) is 14.7 Å². The number of carbonyl (C=O) groups is 1. The van der Waals surface area contributed by atoms with Crippen LogP contribution in [-0.4, -0.2) is 78.6 Å². The molecule has 0 N–H and O–H groups in total. The minimum absolute atomic E-state index is 0.0318. The molecule has 3 aliphatic rings. The topological polar surface area (TPSA) is 36.0 Å². The lowest BCUT2D eigenvalue weighted by Gasteiger charge is -2.43. The maximum atomic E-state index is 13.0. The molecule has 26 heavy (non-hydrogen) atoms. The Morgan fingerprint density at radius 1 is 1.12 bits per heavy atom. The maximum absolute atomic E-state index is 13.0. The molecule has 0 spiro atoms. The summed E-state index contributed by atoms with van der Waals surface area (Å²) in [5, 5.41) is 0. The van der Waals surface area contributed by atoms with Crippen molar-refractivity contribution in [3.63, 3.8) is 0 Å². The summed E-state index contributed by atoms with van der Waals surface area (Å²) in [5.74, 6) is 0.618. The highest BCUT2D eigenvalue weighted by Gasteiger charge is 2.39. The molecule has 1 saturated carbocycles. The predicted octanol–water partition coefficient (Wildman–Crippen LogP) is 1.97.